The zero-order chi connectivity index (χ0) is 11.3. The molecular formula is C13H20N2. The van der Waals surface area contributed by atoms with E-state index in [0.29, 0.717) is 6.04 Å². The molecule has 0 radical (unpaired) electrons. The van der Waals surface area contributed by atoms with E-state index in [9.17, 15) is 0 Å². The molecule has 15 heavy (non-hydrogen) atoms. The molecule has 0 saturated heterocycles. The number of nitrogens with zero attached hydrogens (tertiary/aromatic N) is 1. The summed E-state index contributed by atoms with van der Waals surface area (Å²) in [6.45, 7) is 3.78. The molecule has 1 unspecified atom stereocenters. The van der Waals surface area contributed by atoms with Crippen LogP contribution in [0.4, 0.5) is 5.69 Å². The van der Waals surface area contributed by atoms with E-state index < -0.39 is 0 Å². The predicted molar refractivity (Wildman–Crippen MR) is 67.4 cm³/mol. The van der Waals surface area contributed by atoms with Crippen molar-refractivity contribution in [2.45, 2.75) is 12.5 Å². The zero-order valence-electron chi connectivity index (χ0n) is 9.83. The fourth-order valence-corrected chi connectivity index (χ4v) is 1.61. The van der Waals surface area contributed by atoms with Gasteiger partial charge in [0.25, 0.3) is 0 Å². The van der Waals surface area contributed by atoms with Crippen LogP contribution in [0.25, 0.3) is 0 Å². The number of rotatable bonds is 5. The second-order valence-electron chi connectivity index (χ2n) is 3.86. The molecule has 2 nitrogen and oxygen atoms in total. The molecule has 0 amide bonds. The van der Waals surface area contributed by atoms with Crippen molar-refractivity contribution in [1.29, 1.82) is 0 Å². The average molecular weight is 204 g/mol. The fraction of sp³-hybridized carbons (Fsp3) is 0.385. The van der Waals surface area contributed by atoms with Gasteiger partial charge in [-0.15, -0.1) is 6.58 Å². The van der Waals surface area contributed by atoms with Gasteiger partial charge in [-0.25, -0.2) is 0 Å². The van der Waals surface area contributed by atoms with E-state index in [1.807, 2.05) is 13.1 Å². The summed E-state index contributed by atoms with van der Waals surface area (Å²) in [6.07, 6.45) is 2.90. The average Bonchev–Trinajstić information content (AvgIpc) is 2.26. The quantitative estimate of drug-likeness (QED) is 0.742. The summed E-state index contributed by atoms with van der Waals surface area (Å²) in [7, 11) is 6.10. The number of hydrogen-bond donors (Lipinski definition) is 1. The Hall–Kier alpha value is -1.28. The van der Waals surface area contributed by atoms with E-state index in [0.717, 1.165) is 6.42 Å². The molecule has 0 bridgehead atoms. The highest BCUT2D eigenvalue weighted by molar-refractivity contribution is 5.47. The Kier molecular flexibility index (Phi) is 4.37. The van der Waals surface area contributed by atoms with Gasteiger partial charge in [0.05, 0.1) is 0 Å². The Balaban J connectivity index is 2.92. The minimum absolute atomic E-state index is 0.363. The Morgan fingerprint density at radius 3 is 2.73 bits per heavy atom. The molecule has 1 aromatic carbocycles. The maximum absolute atomic E-state index is 3.78. The molecule has 2 heteroatoms. The standard InChI is InChI=1S/C13H20N2/c1-5-7-13(14-2)11-8-6-9-12(10-11)15(3)4/h5-6,8-10,13-14H,1,7H2,2-4H3. The summed E-state index contributed by atoms with van der Waals surface area (Å²) in [5.41, 5.74) is 2.54. The molecule has 1 rings (SSSR count). The normalized spacial score (nSPS) is 12.2. The summed E-state index contributed by atoms with van der Waals surface area (Å²) in [5, 5.41) is 3.30. The SMILES string of the molecule is C=CCC(NC)c1cccc(N(C)C)c1. The van der Waals surface area contributed by atoms with Crippen molar-refractivity contribution in [2.24, 2.45) is 0 Å². The van der Waals surface area contributed by atoms with E-state index in [2.05, 4.69) is 55.2 Å². The van der Waals surface area contributed by atoms with Crippen LogP contribution >= 0.6 is 0 Å². The lowest BCUT2D eigenvalue weighted by Gasteiger charge is -2.18. The first-order valence-corrected chi connectivity index (χ1v) is 5.24. The molecule has 0 heterocycles. The van der Waals surface area contributed by atoms with Crippen LogP contribution in [0.2, 0.25) is 0 Å². The molecule has 1 aromatic rings. The molecule has 0 fully saturated rings. The Bertz CT molecular complexity index is 318. The van der Waals surface area contributed by atoms with Crippen molar-refractivity contribution >= 4 is 5.69 Å². The number of benzene rings is 1. The van der Waals surface area contributed by atoms with Crippen molar-refractivity contribution in [2.75, 3.05) is 26.0 Å². The molecule has 0 spiro atoms. The second-order valence-corrected chi connectivity index (χ2v) is 3.86. The zero-order valence-corrected chi connectivity index (χ0v) is 9.83. The summed E-state index contributed by atoms with van der Waals surface area (Å²) in [4.78, 5) is 2.12. The molecule has 1 atom stereocenters. The summed E-state index contributed by atoms with van der Waals surface area (Å²) >= 11 is 0. The van der Waals surface area contributed by atoms with Crippen molar-refractivity contribution in [3.63, 3.8) is 0 Å². The van der Waals surface area contributed by atoms with E-state index in [-0.39, 0.29) is 0 Å². The van der Waals surface area contributed by atoms with E-state index in [1.165, 1.54) is 11.3 Å². The first-order valence-electron chi connectivity index (χ1n) is 5.24. The van der Waals surface area contributed by atoms with Crippen LogP contribution in [0.1, 0.15) is 18.0 Å². The molecular weight excluding hydrogens is 184 g/mol. The highest BCUT2D eigenvalue weighted by Gasteiger charge is 2.07. The highest BCUT2D eigenvalue weighted by atomic mass is 15.1. The second kappa shape index (κ2) is 5.56. The first kappa shape index (κ1) is 11.8. The van der Waals surface area contributed by atoms with Gasteiger partial charge in [0.1, 0.15) is 0 Å². The Morgan fingerprint density at radius 1 is 1.47 bits per heavy atom. The topological polar surface area (TPSA) is 15.3 Å². The number of nitrogens with one attached hydrogen (secondary N) is 1. The lowest BCUT2D eigenvalue weighted by molar-refractivity contribution is 0.604. The molecule has 0 saturated carbocycles. The predicted octanol–water partition coefficient (Wildman–Crippen LogP) is 2.59. The van der Waals surface area contributed by atoms with Gasteiger partial charge in [0.2, 0.25) is 0 Å². The van der Waals surface area contributed by atoms with Crippen LogP contribution in [0.15, 0.2) is 36.9 Å². The van der Waals surface area contributed by atoms with E-state index >= 15 is 0 Å². The third-order valence-corrected chi connectivity index (χ3v) is 2.54. The van der Waals surface area contributed by atoms with Crippen LogP contribution in [-0.2, 0) is 0 Å². The van der Waals surface area contributed by atoms with Crippen molar-refractivity contribution in [1.82, 2.24) is 5.32 Å². The van der Waals surface area contributed by atoms with Crippen molar-refractivity contribution in [3.05, 3.63) is 42.5 Å². The molecule has 82 valence electrons. The maximum atomic E-state index is 3.78. The summed E-state index contributed by atoms with van der Waals surface area (Å²) in [6, 6.07) is 8.94. The van der Waals surface area contributed by atoms with Gasteiger partial charge in [0.15, 0.2) is 0 Å². The van der Waals surface area contributed by atoms with Gasteiger partial charge in [-0.1, -0.05) is 18.2 Å². The maximum Gasteiger partial charge on any atom is 0.0364 e. The highest BCUT2D eigenvalue weighted by Crippen LogP contribution is 2.21. The summed E-state index contributed by atoms with van der Waals surface area (Å²) < 4.78 is 0. The lowest BCUT2D eigenvalue weighted by atomic mass is 10.0. The fourth-order valence-electron chi connectivity index (χ4n) is 1.61. The van der Waals surface area contributed by atoms with Crippen LogP contribution in [-0.4, -0.2) is 21.1 Å². The molecule has 0 aliphatic rings. The van der Waals surface area contributed by atoms with Crippen LogP contribution < -0.4 is 10.2 Å². The van der Waals surface area contributed by atoms with Crippen molar-refractivity contribution in [3.8, 4) is 0 Å². The monoisotopic (exact) mass is 204 g/mol. The molecule has 0 aliphatic heterocycles. The third kappa shape index (κ3) is 3.10. The minimum Gasteiger partial charge on any atom is -0.378 e. The molecule has 0 aromatic heterocycles. The number of anilines is 1. The largest absolute Gasteiger partial charge is 0.378 e. The van der Waals surface area contributed by atoms with Gasteiger partial charge in [-0.05, 0) is 31.2 Å². The minimum atomic E-state index is 0.363. The Morgan fingerprint density at radius 2 is 2.20 bits per heavy atom. The van der Waals surface area contributed by atoms with Crippen LogP contribution in [0, 0.1) is 0 Å². The Labute approximate surface area is 92.6 Å². The molecule has 0 aliphatic carbocycles. The summed E-state index contributed by atoms with van der Waals surface area (Å²) in [5.74, 6) is 0. The first-order chi connectivity index (χ1) is 7.19. The number of hydrogen-bond acceptors (Lipinski definition) is 2. The van der Waals surface area contributed by atoms with Crippen LogP contribution in [0.5, 0.6) is 0 Å². The third-order valence-electron chi connectivity index (χ3n) is 2.54. The van der Waals surface area contributed by atoms with Gasteiger partial charge in [-0.3, -0.25) is 0 Å². The van der Waals surface area contributed by atoms with E-state index in [4.69, 9.17) is 0 Å². The lowest BCUT2D eigenvalue weighted by Crippen LogP contribution is -2.16. The van der Waals surface area contributed by atoms with Crippen molar-refractivity contribution < 1.29 is 0 Å². The van der Waals surface area contributed by atoms with Gasteiger partial charge < -0.3 is 10.2 Å². The van der Waals surface area contributed by atoms with Crippen LogP contribution in [0.3, 0.4) is 0 Å². The van der Waals surface area contributed by atoms with E-state index in [1.54, 1.807) is 0 Å². The molecule has 1 N–H and O–H groups in total. The smallest absolute Gasteiger partial charge is 0.0364 e. The van der Waals surface area contributed by atoms with Gasteiger partial charge >= 0.3 is 0 Å². The van der Waals surface area contributed by atoms with Gasteiger partial charge in [-0.2, -0.15) is 0 Å². The van der Waals surface area contributed by atoms with Gasteiger partial charge in [0, 0.05) is 25.8 Å².